The zero-order valence-corrected chi connectivity index (χ0v) is 17.1. The first-order valence-electron chi connectivity index (χ1n) is 9.70. The zero-order chi connectivity index (χ0) is 21.6. The van der Waals surface area contributed by atoms with Crippen LogP contribution in [0.4, 0.5) is 0 Å². The van der Waals surface area contributed by atoms with Crippen LogP contribution in [0.3, 0.4) is 0 Å². The predicted octanol–water partition coefficient (Wildman–Crippen LogP) is -1.76. The highest BCUT2D eigenvalue weighted by molar-refractivity contribution is 6.01. The summed E-state index contributed by atoms with van der Waals surface area (Å²) < 4.78 is 0. The van der Waals surface area contributed by atoms with Crippen molar-refractivity contribution in [2.24, 2.45) is 0 Å². The molecule has 2 fully saturated rings. The van der Waals surface area contributed by atoms with Gasteiger partial charge in [0.25, 0.3) is 11.8 Å². The van der Waals surface area contributed by atoms with Gasteiger partial charge < -0.3 is 20.4 Å². The number of amides is 4. The van der Waals surface area contributed by atoms with E-state index in [-0.39, 0.29) is 56.6 Å². The molecule has 162 valence electrons. The smallest absolute Gasteiger partial charge is 0.334 e. The highest BCUT2D eigenvalue weighted by Gasteiger charge is 2.33. The molecule has 0 bridgehead atoms. The lowest BCUT2D eigenvalue weighted by Gasteiger charge is -2.41. The van der Waals surface area contributed by atoms with Crippen molar-refractivity contribution in [1.82, 2.24) is 25.5 Å². The summed E-state index contributed by atoms with van der Waals surface area (Å²) in [7, 11) is 3.88. The molecule has 4 amide bonds. The molecule has 11 nitrogen and oxygen atoms in total. The molecule has 2 aliphatic heterocycles. The number of carbonyl (C=O) groups is 5. The highest BCUT2D eigenvalue weighted by atomic mass is 16.8. The SMILES string of the molecule is CC1[13CH2][15N]([13CH3])C(C(=O)NCCC(=O)[15NH][13CH2][13CH2][13C](=O)ON2C(=O)CCC2=O)C[15N]1[13CH3]. The molecule has 0 aromatic heterocycles. The van der Waals surface area contributed by atoms with E-state index in [0.29, 0.717) is 17.6 Å². The summed E-state index contributed by atoms with van der Waals surface area (Å²) in [5, 5.41) is 5.77. The van der Waals surface area contributed by atoms with E-state index in [1.807, 2.05) is 19.0 Å². The van der Waals surface area contributed by atoms with Crippen LogP contribution in [-0.4, -0.2) is 96.8 Å². The lowest BCUT2D eigenvalue weighted by molar-refractivity contribution is -0.197. The van der Waals surface area contributed by atoms with Crippen LogP contribution >= 0.6 is 0 Å². The maximum atomic E-state index is 12.3. The third-order valence-corrected chi connectivity index (χ3v) is 5.10. The summed E-state index contributed by atoms with van der Waals surface area (Å²) >= 11 is 0. The number of hydroxylamine groups is 2. The number of nitrogens with one attached hydrogen (secondary N) is 2. The van der Waals surface area contributed by atoms with Crippen molar-refractivity contribution in [3.05, 3.63) is 0 Å². The second-order valence-corrected chi connectivity index (χ2v) is 7.43. The van der Waals surface area contributed by atoms with Crippen LogP contribution in [0.5, 0.6) is 0 Å². The van der Waals surface area contributed by atoms with Gasteiger partial charge in [0.2, 0.25) is 11.8 Å². The van der Waals surface area contributed by atoms with E-state index in [4.69, 9.17) is 4.84 Å². The summed E-state index contributed by atoms with van der Waals surface area (Å²) in [6, 6.07) is 0.119. The van der Waals surface area contributed by atoms with Gasteiger partial charge in [-0.05, 0) is 21.0 Å². The zero-order valence-electron chi connectivity index (χ0n) is 17.1. The Morgan fingerprint density at radius 2 is 1.59 bits per heavy atom. The van der Waals surface area contributed by atoms with Crippen LogP contribution in [-0.2, 0) is 28.8 Å². The van der Waals surface area contributed by atoms with Gasteiger partial charge in [0, 0.05) is 51.5 Å². The molecule has 0 spiro atoms. The Balaban J connectivity index is 1.60. The molecule has 29 heavy (non-hydrogen) atoms. The Hall–Kier alpha value is -2.53. The van der Waals surface area contributed by atoms with Gasteiger partial charge in [0.1, 0.15) is 6.04 Å². The van der Waals surface area contributed by atoms with E-state index in [2.05, 4.69) is 22.5 Å². The van der Waals surface area contributed by atoms with Crippen LogP contribution in [0.25, 0.3) is 0 Å². The molecule has 0 aromatic carbocycles. The molecule has 0 aliphatic carbocycles. The van der Waals surface area contributed by atoms with Gasteiger partial charge in [-0.15, -0.1) is 5.06 Å². The minimum Gasteiger partial charge on any atom is -0.355 e. The van der Waals surface area contributed by atoms with Crippen molar-refractivity contribution in [3.63, 3.8) is 0 Å². The Labute approximate surface area is 169 Å². The fourth-order valence-corrected chi connectivity index (χ4v) is 3.17. The Kier molecular flexibility index (Phi) is 8.09. The van der Waals surface area contributed by atoms with Crippen LogP contribution in [0.2, 0.25) is 0 Å². The van der Waals surface area contributed by atoms with E-state index < -0.39 is 17.8 Å². The van der Waals surface area contributed by atoms with Crippen molar-refractivity contribution in [2.75, 3.05) is 40.3 Å². The predicted molar refractivity (Wildman–Crippen MR) is 101 cm³/mol. The van der Waals surface area contributed by atoms with Gasteiger partial charge in [-0.3, -0.25) is 24.1 Å². The average Bonchev–Trinajstić information content (AvgIpc) is 2.96. The highest BCUT2D eigenvalue weighted by Crippen LogP contribution is 2.13. The summed E-state index contributed by atoms with van der Waals surface area (Å²) in [4.78, 5) is 67.4. The number of imide groups is 1. The molecule has 0 aromatic rings. The maximum absolute atomic E-state index is 12.3. The fraction of sp³-hybridized carbons (Fsp3) is 0.722. The van der Waals surface area contributed by atoms with Gasteiger partial charge in [0.15, 0.2) is 0 Å². The lowest BCUT2D eigenvalue weighted by atomic mass is 10.2. The summed E-state index contributed by atoms with van der Waals surface area (Å²) in [5.41, 5.74) is 0. The lowest BCUT2D eigenvalue weighted by Crippen LogP contribution is -2.59. The Morgan fingerprint density at radius 1 is 0.966 bits per heavy atom. The topological polar surface area (TPSA) is 128 Å². The van der Waals surface area contributed by atoms with Gasteiger partial charge in [-0.25, -0.2) is 4.79 Å². The molecule has 0 saturated carbocycles. The number of piperazine rings is 1. The molecule has 2 heterocycles. The number of hydrogen-bond acceptors (Lipinski definition) is 8. The molecule has 2 rings (SSSR count). The van der Waals surface area contributed by atoms with Gasteiger partial charge in [-0.1, -0.05) is 0 Å². The Bertz CT molecular complexity index is 653. The third-order valence-electron chi connectivity index (χ3n) is 5.10. The minimum absolute atomic E-state index is 0.00980. The third kappa shape index (κ3) is 6.50. The van der Waals surface area contributed by atoms with E-state index in [0.717, 1.165) is 6.54 Å². The van der Waals surface area contributed by atoms with Crippen molar-refractivity contribution in [1.29, 1.82) is 0 Å². The quantitative estimate of drug-likeness (QED) is 0.269. The van der Waals surface area contributed by atoms with E-state index in [9.17, 15) is 24.0 Å². The van der Waals surface area contributed by atoms with Crippen LogP contribution in [0, 0.1) is 0 Å². The minimum atomic E-state index is -0.777. The molecular weight excluding hydrogens is 391 g/mol. The molecule has 11 heteroatoms. The first-order valence-corrected chi connectivity index (χ1v) is 9.70. The van der Waals surface area contributed by atoms with Crippen molar-refractivity contribution >= 4 is 29.6 Å². The van der Waals surface area contributed by atoms with Crippen LogP contribution in [0.1, 0.15) is 32.6 Å². The van der Waals surface area contributed by atoms with Crippen molar-refractivity contribution in [3.8, 4) is 0 Å². The largest absolute Gasteiger partial charge is 0.355 e. The molecule has 2 unspecified atom stereocenters. The van der Waals surface area contributed by atoms with Crippen LogP contribution in [0.15, 0.2) is 0 Å². The molecule has 2 saturated heterocycles. The summed E-state index contributed by atoms with van der Waals surface area (Å²) in [5.74, 6) is -2.32. The Morgan fingerprint density at radius 3 is 2.24 bits per heavy atom. The number of nitrogens with zero attached hydrogens (tertiary/aromatic N) is 3. The number of rotatable bonds is 8. The monoisotopic (exact) mass is 420 g/mol. The van der Waals surface area contributed by atoms with E-state index >= 15 is 0 Å². The normalized spacial score (nSPS) is 23.2. The van der Waals surface area contributed by atoms with E-state index in [1.165, 1.54) is 0 Å². The fourth-order valence-electron chi connectivity index (χ4n) is 3.17. The van der Waals surface area contributed by atoms with Gasteiger partial charge >= 0.3 is 5.97 Å². The molecule has 0 radical (unpaired) electrons. The van der Waals surface area contributed by atoms with Crippen molar-refractivity contribution < 1.29 is 28.8 Å². The second-order valence-electron chi connectivity index (χ2n) is 7.43. The van der Waals surface area contributed by atoms with E-state index in [1.54, 1.807) is 0 Å². The van der Waals surface area contributed by atoms with Gasteiger partial charge in [0.05, 0.1) is 6.42 Å². The maximum Gasteiger partial charge on any atom is 0.334 e. The number of likely N-dealkylation sites (N-methyl/N-ethyl adjacent to an activating group) is 2. The average molecular weight is 420 g/mol. The molecular formula is C18H29N5O6. The first kappa shape index (κ1) is 22.8. The molecule has 2 N–H and O–H groups in total. The summed E-state index contributed by atoms with van der Waals surface area (Å²) in [6.45, 7) is 3.72. The first-order chi connectivity index (χ1) is 13.7. The molecule has 2 aliphatic rings. The van der Waals surface area contributed by atoms with Crippen molar-refractivity contribution in [2.45, 2.75) is 44.7 Å². The summed E-state index contributed by atoms with van der Waals surface area (Å²) in [6.07, 6.45) is -0.0415. The van der Waals surface area contributed by atoms with Gasteiger partial charge in [-0.2, -0.15) is 0 Å². The second kappa shape index (κ2) is 10.3. The standard InChI is InChI=1S/C18H29N5O6/c1-12-10-22(3)13(11-21(12)2)18(28)20-8-6-14(24)19-9-7-17(27)29-23-15(25)4-5-16(23)26/h12-13H,4-11H2,1-3H3,(H,19,24)(H,20,28)/i2+1,3+1,7+1,9+1,10+1,17+1,19+1,21+1,22+1. The molecule has 2 atom stereocenters. The number of hydrogen-bond donors (Lipinski definition) is 2. The van der Waals surface area contributed by atoms with Crippen LogP contribution < -0.4 is 10.6 Å². The number of carbonyl (C=O) groups excluding carboxylic acids is 5.